The van der Waals surface area contributed by atoms with Gasteiger partial charge in [-0.05, 0) is 19.4 Å². The molecule has 1 saturated heterocycles. The maximum Gasteiger partial charge on any atom is 0.240 e. The molecule has 4 nitrogen and oxygen atoms in total. The van der Waals surface area contributed by atoms with E-state index in [1.165, 1.54) is 4.90 Å². The molecule has 1 aliphatic heterocycles. The quantitative estimate of drug-likeness (QED) is 0.811. The van der Waals surface area contributed by atoms with Crippen LogP contribution in [0.25, 0.3) is 0 Å². The third-order valence-corrected chi connectivity index (χ3v) is 3.66. The summed E-state index contributed by atoms with van der Waals surface area (Å²) in [4.78, 5) is 25.8. The Morgan fingerprint density at radius 1 is 1.33 bits per heavy atom. The number of hydrogen-bond donors (Lipinski definition) is 1. The number of carbonyl (C=O) groups is 2. The van der Waals surface area contributed by atoms with Crippen LogP contribution in [0.2, 0.25) is 0 Å². The van der Waals surface area contributed by atoms with Crippen molar-refractivity contribution in [2.45, 2.75) is 31.7 Å². The van der Waals surface area contributed by atoms with E-state index in [0.29, 0.717) is 6.54 Å². The summed E-state index contributed by atoms with van der Waals surface area (Å²) < 4.78 is 0. The van der Waals surface area contributed by atoms with Crippen LogP contribution in [0.1, 0.15) is 25.8 Å². The molecule has 2 atom stereocenters. The minimum atomic E-state index is -0.748. The summed E-state index contributed by atoms with van der Waals surface area (Å²) in [7, 11) is 0. The average molecular weight is 246 g/mol. The lowest BCUT2D eigenvalue weighted by Gasteiger charge is -2.25. The predicted octanol–water partition coefficient (Wildman–Crippen LogP) is 1.05. The number of nitrogens with zero attached hydrogens (tertiary/aromatic N) is 1. The van der Waals surface area contributed by atoms with Crippen LogP contribution in [0, 0.1) is 0 Å². The largest absolute Gasteiger partial charge is 0.328 e. The number of imide groups is 1. The van der Waals surface area contributed by atoms with Crippen LogP contribution in [-0.2, 0) is 15.0 Å². The van der Waals surface area contributed by atoms with Gasteiger partial charge in [0, 0.05) is 19.0 Å². The zero-order chi connectivity index (χ0) is 13.3. The van der Waals surface area contributed by atoms with Gasteiger partial charge in [-0.2, -0.15) is 0 Å². The zero-order valence-corrected chi connectivity index (χ0v) is 10.7. The summed E-state index contributed by atoms with van der Waals surface area (Å²) in [6.45, 7) is 3.92. The topological polar surface area (TPSA) is 63.4 Å². The molecule has 18 heavy (non-hydrogen) atoms. The lowest BCUT2D eigenvalue weighted by molar-refractivity contribution is -0.141. The Balaban J connectivity index is 2.38. The van der Waals surface area contributed by atoms with Gasteiger partial charge in [-0.25, -0.2) is 0 Å². The predicted molar refractivity (Wildman–Crippen MR) is 68.8 cm³/mol. The highest BCUT2D eigenvalue weighted by molar-refractivity contribution is 6.09. The molecular weight excluding hydrogens is 228 g/mol. The lowest BCUT2D eigenvalue weighted by Crippen LogP contribution is -2.45. The van der Waals surface area contributed by atoms with Gasteiger partial charge in [0.25, 0.3) is 0 Å². The molecule has 1 aromatic rings. The third kappa shape index (κ3) is 1.82. The number of likely N-dealkylation sites (tertiary alicyclic amines) is 1. The SMILES string of the molecule is CC(CN)N1C(=O)CC(C)(c2ccccc2)C1=O. The van der Waals surface area contributed by atoms with Crippen LogP contribution in [0.15, 0.2) is 30.3 Å². The van der Waals surface area contributed by atoms with Gasteiger partial charge in [-0.3, -0.25) is 14.5 Å². The summed E-state index contributed by atoms with van der Waals surface area (Å²) in [5.74, 6) is -0.277. The summed E-state index contributed by atoms with van der Waals surface area (Å²) in [6, 6.07) is 9.20. The zero-order valence-electron chi connectivity index (χ0n) is 10.7. The molecule has 96 valence electrons. The maximum atomic E-state index is 12.5. The van der Waals surface area contributed by atoms with Crippen LogP contribution in [0.5, 0.6) is 0 Å². The van der Waals surface area contributed by atoms with Crippen molar-refractivity contribution in [2.75, 3.05) is 6.54 Å². The Kier molecular flexibility index (Phi) is 3.22. The van der Waals surface area contributed by atoms with Gasteiger partial charge in [-0.15, -0.1) is 0 Å². The number of rotatable bonds is 3. The molecule has 2 N–H and O–H groups in total. The normalized spacial score (nSPS) is 25.6. The molecule has 0 saturated carbocycles. The molecule has 0 aromatic heterocycles. The van der Waals surface area contributed by atoms with Crippen molar-refractivity contribution in [1.29, 1.82) is 0 Å². The monoisotopic (exact) mass is 246 g/mol. The van der Waals surface area contributed by atoms with Crippen LogP contribution in [0.3, 0.4) is 0 Å². The molecule has 0 radical (unpaired) electrons. The van der Waals surface area contributed by atoms with Crippen molar-refractivity contribution < 1.29 is 9.59 Å². The Morgan fingerprint density at radius 3 is 2.50 bits per heavy atom. The second kappa shape index (κ2) is 4.53. The number of hydrogen-bond acceptors (Lipinski definition) is 3. The molecule has 0 bridgehead atoms. The molecular formula is C14H18N2O2. The Morgan fingerprint density at radius 2 is 1.94 bits per heavy atom. The smallest absolute Gasteiger partial charge is 0.240 e. The molecule has 4 heteroatoms. The summed E-state index contributed by atoms with van der Waals surface area (Å²) >= 11 is 0. The minimum Gasteiger partial charge on any atom is -0.328 e. The van der Waals surface area contributed by atoms with E-state index in [2.05, 4.69) is 0 Å². The second-order valence-corrected chi connectivity index (χ2v) is 5.03. The fourth-order valence-electron chi connectivity index (χ4n) is 2.43. The van der Waals surface area contributed by atoms with E-state index >= 15 is 0 Å². The molecule has 1 aliphatic rings. The first-order valence-electron chi connectivity index (χ1n) is 6.13. The van der Waals surface area contributed by atoms with Crippen molar-refractivity contribution >= 4 is 11.8 Å². The second-order valence-electron chi connectivity index (χ2n) is 5.03. The highest BCUT2D eigenvalue weighted by atomic mass is 16.2. The van der Waals surface area contributed by atoms with E-state index in [9.17, 15) is 9.59 Å². The van der Waals surface area contributed by atoms with Gasteiger partial charge >= 0.3 is 0 Å². The summed E-state index contributed by atoms with van der Waals surface area (Å²) in [5.41, 5.74) is 5.69. The van der Waals surface area contributed by atoms with E-state index in [0.717, 1.165) is 5.56 Å². The summed E-state index contributed by atoms with van der Waals surface area (Å²) in [5, 5.41) is 0. The highest BCUT2D eigenvalue weighted by Crippen LogP contribution is 2.36. The number of carbonyl (C=O) groups excluding carboxylic acids is 2. The van der Waals surface area contributed by atoms with Gasteiger partial charge in [0.1, 0.15) is 0 Å². The van der Waals surface area contributed by atoms with E-state index in [1.54, 1.807) is 6.92 Å². The average Bonchev–Trinajstić information content (AvgIpc) is 2.61. The van der Waals surface area contributed by atoms with E-state index in [1.807, 2.05) is 37.3 Å². The molecule has 1 heterocycles. The first-order valence-corrected chi connectivity index (χ1v) is 6.13. The Hall–Kier alpha value is -1.68. The maximum absolute atomic E-state index is 12.5. The van der Waals surface area contributed by atoms with E-state index < -0.39 is 5.41 Å². The Bertz CT molecular complexity index is 472. The fourth-order valence-corrected chi connectivity index (χ4v) is 2.43. The highest BCUT2D eigenvalue weighted by Gasteiger charge is 2.50. The van der Waals surface area contributed by atoms with Crippen LogP contribution in [0.4, 0.5) is 0 Å². The van der Waals surface area contributed by atoms with E-state index in [-0.39, 0.29) is 24.3 Å². The lowest BCUT2D eigenvalue weighted by atomic mass is 9.81. The molecule has 2 unspecified atom stereocenters. The molecule has 0 aliphatic carbocycles. The van der Waals surface area contributed by atoms with E-state index in [4.69, 9.17) is 5.73 Å². The summed E-state index contributed by atoms with van der Waals surface area (Å²) in [6.07, 6.45) is 0.222. The molecule has 2 amide bonds. The van der Waals surface area contributed by atoms with Crippen LogP contribution < -0.4 is 5.73 Å². The minimum absolute atomic E-state index is 0.135. The molecule has 1 aromatic carbocycles. The van der Waals surface area contributed by atoms with Crippen LogP contribution in [-0.4, -0.2) is 29.3 Å². The Labute approximate surface area is 107 Å². The van der Waals surface area contributed by atoms with Crippen molar-refractivity contribution in [3.05, 3.63) is 35.9 Å². The van der Waals surface area contributed by atoms with Gasteiger partial charge < -0.3 is 5.73 Å². The van der Waals surface area contributed by atoms with Crippen LogP contribution >= 0.6 is 0 Å². The molecule has 0 spiro atoms. The van der Waals surface area contributed by atoms with Gasteiger partial charge in [0.2, 0.25) is 11.8 Å². The van der Waals surface area contributed by atoms with Crippen molar-refractivity contribution in [3.63, 3.8) is 0 Å². The molecule has 2 rings (SSSR count). The van der Waals surface area contributed by atoms with Crippen molar-refractivity contribution in [3.8, 4) is 0 Å². The molecule has 1 fully saturated rings. The number of amides is 2. The van der Waals surface area contributed by atoms with Gasteiger partial charge in [0.15, 0.2) is 0 Å². The first kappa shape index (κ1) is 12.8. The van der Waals surface area contributed by atoms with Crippen molar-refractivity contribution in [2.24, 2.45) is 5.73 Å². The fraction of sp³-hybridized carbons (Fsp3) is 0.429. The number of nitrogens with two attached hydrogens (primary N) is 1. The first-order chi connectivity index (χ1) is 8.50. The van der Waals surface area contributed by atoms with Gasteiger partial charge in [0.05, 0.1) is 5.41 Å². The van der Waals surface area contributed by atoms with Crippen molar-refractivity contribution in [1.82, 2.24) is 4.90 Å². The number of benzene rings is 1. The standard InChI is InChI=1S/C14H18N2O2/c1-10(9-15)16-12(17)8-14(2,13(16)18)11-6-4-3-5-7-11/h3-7,10H,8-9,15H2,1-2H3. The van der Waals surface area contributed by atoms with Gasteiger partial charge in [-0.1, -0.05) is 30.3 Å². The third-order valence-electron chi connectivity index (χ3n) is 3.66.